The van der Waals surface area contributed by atoms with Crippen LogP contribution in [0.5, 0.6) is 0 Å². The van der Waals surface area contributed by atoms with Gasteiger partial charge in [0, 0.05) is 12.1 Å². The molecule has 0 heterocycles. The second kappa shape index (κ2) is 5.68. The van der Waals surface area contributed by atoms with Crippen LogP contribution in [0.2, 0.25) is 0 Å². The van der Waals surface area contributed by atoms with E-state index in [4.69, 9.17) is 18.0 Å². The Hall–Kier alpha value is -0.450. The zero-order chi connectivity index (χ0) is 7.11. The van der Waals surface area contributed by atoms with Crippen molar-refractivity contribution in [1.29, 1.82) is 0 Å². The van der Waals surface area contributed by atoms with Crippen molar-refractivity contribution >= 4 is 11.6 Å². The minimum atomic E-state index is 0.599. The van der Waals surface area contributed by atoms with Crippen LogP contribution in [0.15, 0.2) is 11.1 Å². The summed E-state index contributed by atoms with van der Waals surface area (Å²) in [5, 5.41) is 3.00. The van der Waals surface area contributed by atoms with Gasteiger partial charge in [0.15, 0.2) is 0 Å². The van der Waals surface area contributed by atoms with Gasteiger partial charge in [-0.05, 0) is 12.5 Å². The Morgan fingerprint density at radius 1 is 1.89 bits per heavy atom. The van der Waals surface area contributed by atoms with E-state index in [9.17, 15) is 0 Å². The van der Waals surface area contributed by atoms with Crippen LogP contribution in [0.25, 0.3) is 0 Å². The van der Waals surface area contributed by atoms with Gasteiger partial charge in [0.1, 0.15) is 0 Å². The van der Waals surface area contributed by atoms with Crippen molar-refractivity contribution in [2.75, 3.05) is 13.1 Å². The summed E-state index contributed by atoms with van der Waals surface area (Å²) in [7, 11) is 0. The van der Waals surface area contributed by atoms with Gasteiger partial charge < -0.3 is 5.32 Å². The minimum absolute atomic E-state index is 0.599. The highest BCUT2D eigenvalue weighted by molar-refractivity contribution is 6.25. The van der Waals surface area contributed by atoms with E-state index in [1.807, 2.05) is 6.92 Å². The molecule has 0 unspecified atom stereocenters. The summed E-state index contributed by atoms with van der Waals surface area (Å²) in [6, 6.07) is 0. The van der Waals surface area contributed by atoms with Gasteiger partial charge in [0.2, 0.25) is 0 Å². The lowest BCUT2D eigenvalue weighted by Crippen LogP contribution is -2.15. The number of halogens is 1. The highest BCUT2D eigenvalue weighted by Crippen LogP contribution is 1.90. The van der Waals surface area contributed by atoms with E-state index < -0.39 is 0 Å². The summed E-state index contributed by atoms with van der Waals surface area (Å²) in [6.45, 7) is 3.31. The molecule has 0 aromatic carbocycles. The van der Waals surface area contributed by atoms with Gasteiger partial charge in [0.25, 0.3) is 0 Å². The summed E-state index contributed by atoms with van der Waals surface area (Å²) < 4.78 is 0. The predicted octanol–water partition coefficient (Wildman–Crippen LogP) is 1.35. The molecule has 2 heteroatoms. The van der Waals surface area contributed by atoms with Crippen molar-refractivity contribution in [2.24, 2.45) is 0 Å². The maximum Gasteiger partial charge on any atom is 0.0576 e. The summed E-state index contributed by atoms with van der Waals surface area (Å²) in [5.41, 5.74) is 2.63. The van der Waals surface area contributed by atoms with Crippen LogP contribution in [0.1, 0.15) is 6.92 Å². The van der Waals surface area contributed by atoms with Gasteiger partial charge >= 0.3 is 0 Å². The lowest BCUT2D eigenvalue weighted by Gasteiger charge is -1.97. The smallest absolute Gasteiger partial charge is 0.0576 e. The summed E-state index contributed by atoms with van der Waals surface area (Å²) in [6.07, 6.45) is 4.99. The standard InChI is InChI=1S/C7H10ClN/c1-3-4-9-6-7(2)5-8/h1,5,9H,4,6H2,2H3. The van der Waals surface area contributed by atoms with Crippen molar-refractivity contribution in [3.63, 3.8) is 0 Å². The fourth-order valence-corrected chi connectivity index (χ4v) is 0.448. The van der Waals surface area contributed by atoms with E-state index in [1.54, 1.807) is 5.54 Å². The van der Waals surface area contributed by atoms with Crippen molar-refractivity contribution in [1.82, 2.24) is 5.32 Å². The molecule has 0 aromatic rings. The fourth-order valence-electron chi connectivity index (χ4n) is 0.370. The van der Waals surface area contributed by atoms with Crippen LogP contribution in [0.3, 0.4) is 0 Å². The number of hydrogen-bond donors (Lipinski definition) is 1. The van der Waals surface area contributed by atoms with Crippen LogP contribution in [0.4, 0.5) is 0 Å². The average Bonchev–Trinajstić information content (AvgIpc) is 1.89. The van der Waals surface area contributed by atoms with Gasteiger partial charge in [-0.2, -0.15) is 0 Å². The highest BCUT2D eigenvalue weighted by Gasteiger charge is 1.83. The molecule has 1 nitrogen and oxygen atoms in total. The van der Waals surface area contributed by atoms with Gasteiger partial charge in [0.05, 0.1) is 6.54 Å². The Kier molecular flexibility index (Phi) is 5.40. The zero-order valence-corrected chi connectivity index (χ0v) is 6.20. The number of nitrogens with one attached hydrogen (secondary N) is 1. The second-order valence-electron chi connectivity index (χ2n) is 1.76. The van der Waals surface area contributed by atoms with Crippen LogP contribution in [0, 0.1) is 12.3 Å². The lowest BCUT2D eigenvalue weighted by atomic mass is 10.3. The molecule has 1 N–H and O–H groups in total. The summed E-state index contributed by atoms with van der Waals surface area (Å²) in [5.74, 6) is 2.47. The monoisotopic (exact) mass is 143 g/mol. The molecule has 0 aliphatic carbocycles. The SMILES string of the molecule is C#CCNCC(C)=CCl. The van der Waals surface area contributed by atoms with Crippen molar-refractivity contribution < 1.29 is 0 Å². The molecule has 0 aromatic heterocycles. The highest BCUT2D eigenvalue weighted by atomic mass is 35.5. The largest absolute Gasteiger partial charge is 0.302 e. The van der Waals surface area contributed by atoms with E-state index in [0.29, 0.717) is 6.54 Å². The number of hydrogen-bond acceptors (Lipinski definition) is 1. The van der Waals surface area contributed by atoms with Crippen molar-refractivity contribution in [3.8, 4) is 12.3 Å². The Bertz CT molecular complexity index is 132. The van der Waals surface area contributed by atoms with Gasteiger partial charge in [-0.1, -0.05) is 17.5 Å². The second-order valence-corrected chi connectivity index (χ2v) is 1.98. The van der Waals surface area contributed by atoms with Gasteiger partial charge in [-0.15, -0.1) is 6.42 Å². The molecule has 0 spiro atoms. The Morgan fingerprint density at radius 3 is 3.00 bits per heavy atom. The first-order chi connectivity index (χ1) is 4.31. The van der Waals surface area contributed by atoms with E-state index in [-0.39, 0.29) is 0 Å². The molecular weight excluding hydrogens is 134 g/mol. The van der Waals surface area contributed by atoms with E-state index >= 15 is 0 Å². The van der Waals surface area contributed by atoms with Crippen LogP contribution >= 0.6 is 11.6 Å². The first-order valence-electron chi connectivity index (χ1n) is 2.71. The maximum absolute atomic E-state index is 5.38. The van der Waals surface area contributed by atoms with Crippen LogP contribution in [-0.2, 0) is 0 Å². The average molecular weight is 144 g/mol. The Morgan fingerprint density at radius 2 is 2.56 bits per heavy atom. The first-order valence-corrected chi connectivity index (χ1v) is 3.15. The molecule has 0 fully saturated rings. The molecule has 0 aliphatic heterocycles. The summed E-state index contributed by atoms with van der Waals surface area (Å²) >= 11 is 5.38. The van der Waals surface area contributed by atoms with E-state index in [2.05, 4.69) is 11.2 Å². The maximum atomic E-state index is 5.38. The molecule has 0 aliphatic rings. The Labute approximate surface area is 61.1 Å². The molecule has 50 valence electrons. The van der Waals surface area contributed by atoms with Crippen molar-refractivity contribution in [3.05, 3.63) is 11.1 Å². The topological polar surface area (TPSA) is 12.0 Å². The minimum Gasteiger partial charge on any atom is -0.302 e. The first kappa shape index (κ1) is 8.55. The fraction of sp³-hybridized carbons (Fsp3) is 0.429. The Balaban J connectivity index is 3.20. The molecular formula is C7H10ClN. The lowest BCUT2D eigenvalue weighted by molar-refractivity contribution is 0.828. The normalized spacial score (nSPS) is 11.0. The number of terminal acetylenes is 1. The predicted molar refractivity (Wildman–Crippen MR) is 41.3 cm³/mol. The third-order valence-corrected chi connectivity index (χ3v) is 1.19. The van der Waals surface area contributed by atoms with Crippen LogP contribution in [-0.4, -0.2) is 13.1 Å². The van der Waals surface area contributed by atoms with Gasteiger partial charge in [-0.25, -0.2) is 0 Å². The molecule has 0 saturated heterocycles. The molecule has 9 heavy (non-hydrogen) atoms. The van der Waals surface area contributed by atoms with E-state index in [0.717, 1.165) is 12.1 Å². The molecule has 0 rings (SSSR count). The van der Waals surface area contributed by atoms with Gasteiger partial charge in [-0.3, -0.25) is 0 Å². The third kappa shape index (κ3) is 5.42. The quantitative estimate of drug-likeness (QED) is 0.465. The molecule has 0 atom stereocenters. The summed E-state index contributed by atoms with van der Waals surface area (Å²) in [4.78, 5) is 0. The molecule has 0 bridgehead atoms. The van der Waals surface area contributed by atoms with E-state index in [1.165, 1.54) is 0 Å². The van der Waals surface area contributed by atoms with Crippen molar-refractivity contribution in [2.45, 2.75) is 6.92 Å². The molecule has 0 radical (unpaired) electrons. The number of rotatable bonds is 3. The molecule has 0 saturated carbocycles. The molecule has 0 amide bonds. The van der Waals surface area contributed by atoms with Crippen LogP contribution < -0.4 is 5.32 Å². The zero-order valence-electron chi connectivity index (χ0n) is 5.45. The third-order valence-electron chi connectivity index (χ3n) is 0.817.